The molecule has 104 valence electrons. The lowest BCUT2D eigenvalue weighted by Crippen LogP contribution is -2.01. The Balaban J connectivity index is 1.85. The second-order valence-corrected chi connectivity index (χ2v) is 7.50. The van der Waals surface area contributed by atoms with Crippen LogP contribution in [0.15, 0.2) is 10.7 Å². The molecule has 1 N–H and O–H groups in total. The van der Waals surface area contributed by atoms with Crippen LogP contribution in [-0.2, 0) is 6.54 Å². The lowest BCUT2D eigenvalue weighted by atomic mass is 10.4. The minimum Gasteiger partial charge on any atom is -0.362 e. The molecule has 0 spiro atoms. The first-order valence-electron chi connectivity index (χ1n) is 5.99. The third-order valence-electron chi connectivity index (χ3n) is 2.83. The highest BCUT2D eigenvalue weighted by Gasteiger charge is 2.11. The number of thioether (sulfide) groups is 1. The first-order chi connectivity index (χ1) is 9.67. The highest BCUT2D eigenvalue weighted by atomic mass is 32.2. The fourth-order valence-electron chi connectivity index (χ4n) is 1.72. The molecule has 3 aromatic rings. The van der Waals surface area contributed by atoms with Gasteiger partial charge in [-0.05, 0) is 20.1 Å². The standard InChI is InChI=1S/C12H13N5S3/c1-6-7(2)19-8(16-6)4-13-10-9-11(15-5-14-10)17-12(18-3)20-9/h5H,4H2,1-3H3,(H,13,14,15). The summed E-state index contributed by atoms with van der Waals surface area (Å²) in [7, 11) is 0. The molecule has 0 unspecified atom stereocenters. The number of aromatic nitrogens is 4. The predicted molar refractivity (Wildman–Crippen MR) is 85.9 cm³/mol. The molecule has 5 nitrogen and oxygen atoms in total. The number of hydrogen-bond acceptors (Lipinski definition) is 8. The normalized spacial score (nSPS) is 11.2. The first kappa shape index (κ1) is 13.7. The number of anilines is 1. The minimum atomic E-state index is 0.679. The van der Waals surface area contributed by atoms with Crippen molar-refractivity contribution in [2.45, 2.75) is 24.7 Å². The van der Waals surface area contributed by atoms with E-state index in [1.165, 1.54) is 4.88 Å². The highest BCUT2D eigenvalue weighted by Crippen LogP contribution is 2.31. The Kier molecular flexibility index (Phi) is 3.86. The Morgan fingerprint density at radius 2 is 2.05 bits per heavy atom. The lowest BCUT2D eigenvalue weighted by Gasteiger charge is -2.02. The van der Waals surface area contributed by atoms with Crippen molar-refractivity contribution in [3.63, 3.8) is 0 Å². The molecule has 0 radical (unpaired) electrons. The second-order valence-electron chi connectivity index (χ2n) is 4.16. The summed E-state index contributed by atoms with van der Waals surface area (Å²) in [6.07, 6.45) is 3.56. The van der Waals surface area contributed by atoms with Gasteiger partial charge in [0.05, 0.1) is 12.2 Å². The number of hydrogen-bond donors (Lipinski definition) is 1. The van der Waals surface area contributed by atoms with Crippen molar-refractivity contribution in [1.82, 2.24) is 19.9 Å². The molecule has 0 aromatic carbocycles. The second kappa shape index (κ2) is 5.63. The van der Waals surface area contributed by atoms with Crippen molar-refractivity contribution in [2.75, 3.05) is 11.6 Å². The summed E-state index contributed by atoms with van der Waals surface area (Å²) in [5.74, 6) is 0.832. The molecule has 0 amide bonds. The minimum absolute atomic E-state index is 0.679. The van der Waals surface area contributed by atoms with Crippen LogP contribution < -0.4 is 5.32 Å². The topological polar surface area (TPSA) is 63.6 Å². The van der Waals surface area contributed by atoms with Gasteiger partial charge in [-0.15, -0.1) is 22.7 Å². The zero-order chi connectivity index (χ0) is 14.1. The summed E-state index contributed by atoms with van der Waals surface area (Å²) in [6.45, 7) is 4.80. The van der Waals surface area contributed by atoms with Crippen LogP contribution in [-0.4, -0.2) is 26.2 Å². The van der Waals surface area contributed by atoms with E-state index in [2.05, 4.69) is 32.2 Å². The van der Waals surface area contributed by atoms with Gasteiger partial charge in [0.25, 0.3) is 0 Å². The maximum absolute atomic E-state index is 4.52. The zero-order valence-corrected chi connectivity index (χ0v) is 13.7. The highest BCUT2D eigenvalue weighted by molar-refractivity contribution is 8.00. The summed E-state index contributed by atoms with van der Waals surface area (Å²) in [5, 5.41) is 4.41. The Labute approximate surface area is 128 Å². The van der Waals surface area contributed by atoms with Crippen LogP contribution in [0.25, 0.3) is 10.3 Å². The largest absolute Gasteiger partial charge is 0.362 e. The van der Waals surface area contributed by atoms with E-state index in [0.717, 1.165) is 31.2 Å². The Morgan fingerprint density at radius 1 is 1.20 bits per heavy atom. The number of thiazole rings is 2. The van der Waals surface area contributed by atoms with Crippen LogP contribution in [0.3, 0.4) is 0 Å². The summed E-state index contributed by atoms with van der Waals surface area (Å²) in [4.78, 5) is 18.7. The zero-order valence-electron chi connectivity index (χ0n) is 11.3. The number of rotatable bonds is 4. The van der Waals surface area contributed by atoms with E-state index in [4.69, 9.17) is 0 Å². The molecule has 20 heavy (non-hydrogen) atoms. The molecule has 3 aromatic heterocycles. The van der Waals surface area contributed by atoms with Gasteiger partial charge in [0.15, 0.2) is 9.99 Å². The van der Waals surface area contributed by atoms with Gasteiger partial charge in [0, 0.05) is 4.88 Å². The Morgan fingerprint density at radius 3 is 2.75 bits per heavy atom. The molecule has 8 heteroatoms. The van der Waals surface area contributed by atoms with E-state index in [1.54, 1.807) is 40.8 Å². The summed E-state index contributed by atoms with van der Waals surface area (Å²) < 4.78 is 2.01. The van der Waals surface area contributed by atoms with Crippen LogP contribution in [0, 0.1) is 13.8 Å². The van der Waals surface area contributed by atoms with Crippen molar-refractivity contribution in [2.24, 2.45) is 0 Å². The molecule has 0 aliphatic rings. The van der Waals surface area contributed by atoms with Gasteiger partial charge in [0.1, 0.15) is 21.9 Å². The molecule has 0 aliphatic carbocycles. The SMILES string of the molecule is CSc1nc2ncnc(NCc3nc(C)c(C)s3)c2s1. The Bertz CT molecular complexity index is 729. The molecule has 0 aliphatic heterocycles. The summed E-state index contributed by atoms with van der Waals surface area (Å²) in [6, 6.07) is 0. The van der Waals surface area contributed by atoms with Crippen molar-refractivity contribution in [3.05, 3.63) is 21.9 Å². The molecular formula is C12H13N5S3. The number of nitrogens with zero attached hydrogens (tertiary/aromatic N) is 4. The summed E-state index contributed by atoms with van der Waals surface area (Å²) >= 11 is 4.95. The van der Waals surface area contributed by atoms with Gasteiger partial charge in [-0.3, -0.25) is 0 Å². The fraction of sp³-hybridized carbons (Fsp3) is 0.333. The monoisotopic (exact) mass is 323 g/mol. The van der Waals surface area contributed by atoms with E-state index >= 15 is 0 Å². The Hall–Kier alpha value is -1.25. The van der Waals surface area contributed by atoms with Crippen LogP contribution in [0.4, 0.5) is 5.82 Å². The maximum atomic E-state index is 4.52. The van der Waals surface area contributed by atoms with Gasteiger partial charge in [-0.2, -0.15) is 0 Å². The van der Waals surface area contributed by atoms with Gasteiger partial charge < -0.3 is 5.32 Å². The van der Waals surface area contributed by atoms with E-state index in [0.29, 0.717) is 6.54 Å². The van der Waals surface area contributed by atoms with E-state index in [-0.39, 0.29) is 0 Å². The average Bonchev–Trinajstić information content (AvgIpc) is 3.00. The van der Waals surface area contributed by atoms with Crippen LogP contribution >= 0.6 is 34.4 Å². The van der Waals surface area contributed by atoms with E-state index in [9.17, 15) is 0 Å². The molecular weight excluding hydrogens is 310 g/mol. The maximum Gasteiger partial charge on any atom is 0.176 e. The molecule has 3 heterocycles. The van der Waals surface area contributed by atoms with Crippen molar-refractivity contribution in [1.29, 1.82) is 0 Å². The molecule has 0 bridgehead atoms. The third-order valence-corrected chi connectivity index (χ3v) is 5.94. The van der Waals surface area contributed by atoms with Crippen molar-refractivity contribution in [3.8, 4) is 0 Å². The molecule has 0 fully saturated rings. The number of fused-ring (bicyclic) bond motifs is 1. The smallest absolute Gasteiger partial charge is 0.176 e. The number of aryl methyl sites for hydroxylation is 2. The molecule has 0 saturated heterocycles. The van der Waals surface area contributed by atoms with E-state index in [1.807, 2.05) is 13.2 Å². The quantitative estimate of drug-likeness (QED) is 0.742. The predicted octanol–water partition coefficient (Wildman–Crippen LogP) is 3.49. The third kappa shape index (κ3) is 2.63. The van der Waals surface area contributed by atoms with Crippen LogP contribution in [0.1, 0.15) is 15.6 Å². The number of nitrogens with one attached hydrogen (secondary N) is 1. The van der Waals surface area contributed by atoms with Crippen molar-refractivity contribution < 1.29 is 0 Å². The van der Waals surface area contributed by atoms with Gasteiger partial charge in [0.2, 0.25) is 0 Å². The fourth-order valence-corrected chi connectivity index (χ4v) is 4.07. The lowest BCUT2D eigenvalue weighted by molar-refractivity contribution is 1.05. The van der Waals surface area contributed by atoms with E-state index < -0.39 is 0 Å². The van der Waals surface area contributed by atoms with Crippen molar-refractivity contribution >= 4 is 50.6 Å². The average molecular weight is 323 g/mol. The van der Waals surface area contributed by atoms with Gasteiger partial charge >= 0.3 is 0 Å². The molecule has 3 rings (SSSR count). The molecule has 0 atom stereocenters. The van der Waals surface area contributed by atoms with Crippen LogP contribution in [0.2, 0.25) is 0 Å². The summed E-state index contributed by atoms with van der Waals surface area (Å²) in [5.41, 5.74) is 1.85. The first-order valence-corrected chi connectivity index (χ1v) is 8.85. The van der Waals surface area contributed by atoms with Gasteiger partial charge in [-0.1, -0.05) is 11.8 Å². The van der Waals surface area contributed by atoms with Crippen LogP contribution in [0.5, 0.6) is 0 Å². The molecule has 0 saturated carbocycles. The van der Waals surface area contributed by atoms with Gasteiger partial charge in [-0.25, -0.2) is 19.9 Å².